The number of nitrogens with zero attached hydrogens (tertiary/aromatic N) is 1. The predicted octanol–water partition coefficient (Wildman–Crippen LogP) is 2.43. The molecule has 20 heavy (non-hydrogen) atoms. The monoisotopic (exact) mass is 272 g/mol. The lowest BCUT2D eigenvalue weighted by molar-refractivity contribution is 0.0849. The van der Waals surface area contributed by atoms with Crippen LogP contribution < -0.4 is 5.32 Å². The second-order valence-corrected chi connectivity index (χ2v) is 5.35. The highest BCUT2D eigenvalue weighted by Gasteiger charge is 2.24. The van der Waals surface area contributed by atoms with Gasteiger partial charge < -0.3 is 10.4 Å². The molecule has 4 heteroatoms. The number of rotatable bonds is 4. The molecule has 1 atom stereocenters. The number of hydrogen-bond donors (Lipinski definition) is 2. The van der Waals surface area contributed by atoms with E-state index in [2.05, 4.69) is 10.3 Å². The van der Waals surface area contributed by atoms with Crippen molar-refractivity contribution in [2.45, 2.75) is 32.7 Å². The molecule has 0 saturated heterocycles. The maximum Gasteiger partial charge on any atom is 0.252 e. The van der Waals surface area contributed by atoms with Gasteiger partial charge in [-0.25, -0.2) is 0 Å². The first-order valence-electron chi connectivity index (χ1n) is 6.79. The molecule has 0 aliphatic carbocycles. The van der Waals surface area contributed by atoms with Crippen molar-refractivity contribution in [1.82, 2.24) is 10.3 Å². The summed E-state index contributed by atoms with van der Waals surface area (Å²) in [5.41, 5.74) is 1.60. The Labute approximate surface area is 118 Å². The van der Waals surface area contributed by atoms with E-state index in [0.29, 0.717) is 12.0 Å². The summed E-state index contributed by atoms with van der Waals surface area (Å²) >= 11 is 0. The van der Waals surface area contributed by atoms with Crippen LogP contribution in [0.5, 0.6) is 0 Å². The molecule has 1 unspecified atom stereocenters. The minimum Gasteiger partial charge on any atom is -0.394 e. The fourth-order valence-corrected chi connectivity index (χ4v) is 2.08. The van der Waals surface area contributed by atoms with Gasteiger partial charge in [0.1, 0.15) is 0 Å². The number of aromatic nitrogens is 1. The maximum absolute atomic E-state index is 12.5. The first-order valence-corrected chi connectivity index (χ1v) is 6.79. The second-order valence-electron chi connectivity index (χ2n) is 5.35. The van der Waals surface area contributed by atoms with E-state index in [9.17, 15) is 9.90 Å². The van der Waals surface area contributed by atoms with Crippen LogP contribution in [0.1, 0.15) is 36.3 Å². The zero-order valence-electron chi connectivity index (χ0n) is 12.1. The normalized spacial score (nSPS) is 14.0. The fourth-order valence-electron chi connectivity index (χ4n) is 2.08. The largest absolute Gasteiger partial charge is 0.394 e. The first-order chi connectivity index (χ1) is 9.49. The first kappa shape index (κ1) is 14.5. The standard InChI is InChI=1S/C16H20N2O2/c1-4-16(3,10-19)18-15(20)13-9-11(2)17-14-8-6-5-7-12(13)14/h5-9,19H,4,10H2,1-3H3,(H,18,20). The number of amides is 1. The van der Waals surface area contributed by atoms with Gasteiger partial charge in [-0.1, -0.05) is 25.1 Å². The summed E-state index contributed by atoms with van der Waals surface area (Å²) in [6, 6.07) is 9.36. The Bertz CT molecular complexity index is 633. The summed E-state index contributed by atoms with van der Waals surface area (Å²) in [6.07, 6.45) is 0.664. The number of carbonyl (C=O) groups excluding carboxylic acids is 1. The van der Waals surface area contributed by atoms with E-state index < -0.39 is 5.54 Å². The minimum absolute atomic E-state index is 0.0861. The Morgan fingerprint density at radius 3 is 2.75 bits per heavy atom. The highest BCUT2D eigenvalue weighted by atomic mass is 16.3. The molecular formula is C16H20N2O2. The smallest absolute Gasteiger partial charge is 0.252 e. The Morgan fingerprint density at radius 2 is 2.10 bits per heavy atom. The van der Waals surface area contributed by atoms with Crippen molar-refractivity contribution in [3.05, 3.63) is 41.6 Å². The molecule has 0 bridgehead atoms. The number of para-hydroxylation sites is 1. The lowest BCUT2D eigenvalue weighted by atomic mass is 9.98. The second kappa shape index (κ2) is 5.59. The quantitative estimate of drug-likeness (QED) is 0.898. The van der Waals surface area contributed by atoms with Crippen LogP contribution in [0.4, 0.5) is 0 Å². The van der Waals surface area contributed by atoms with Gasteiger partial charge in [0.15, 0.2) is 0 Å². The highest BCUT2D eigenvalue weighted by molar-refractivity contribution is 6.06. The summed E-state index contributed by atoms with van der Waals surface area (Å²) < 4.78 is 0. The molecule has 0 aliphatic rings. The molecule has 1 aromatic carbocycles. The molecule has 1 aromatic heterocycles. The number of hydrogen-bond acceptors (Lipinski definition) is 3. The van der Waals surface area contributed by atoms with Gasteiger partial charge in [0, 0.05) is 11.1 Å². The molecule has 0 aliphatic heterocycles. The molecule has 0 spiro atoms. The maximum atomic E-state index is 12.5. The molecule has 1 heterocycles. The van der Waals surface area contributed by atoms with Gasteiger partial charge in [-0.3, -0.25) is 9.78 Å². The molecule has 0 fully saturated rings. The molecular weight excluding hydrogens is 252 g/mol. The SMILES string of the molecule is CCC(C)(CO)NC(=O)c1cc(C)nc2ccccc12. The van der Waals surface area contributed by atoms with Crippen molar-refractivity contribution in [2.75, 3.05) is 6.61 Å². The van der Waals surface area contributed by atoms with Crippen molar-refractivity contribution in [3.63, 3.8) is 0 Å². The van der Waals surface area contributed by atoms with Gasteiger partial charge in [0.2, 0.25) is 0 Å². The predicted molar refractivity (Wildman–Crippen MR) is 79.7 cm³/mol. The minimum atomic E-state index is -0.602. The fraction of sp³-hybridized carbons (Fsp3) is 0.375. The summed E-state index contributed by atoms with van der Waals surface area (Å²) in [7, 11) is 0. The third-order valence-corrected chi connectivity index (χ3v) is 3.63. The van der Waals surface area contributed by atoms with Gasteiger partial charge in [0.05, 0.1) is 23.2 Å². The Balaban J connectivity index is 2.44. The van der Waals surface area contributed by atoms with Crippen LogP contribution in [-0.2, 0) is 0 Å². The van der Waals surface area contributed by atoms with E-state index in [-0.39, 0.29) is 12.5 Å². The molecule has 4 nitrogen and oxygen atoms in total. The van der Waals surface area contributed by atoms with E-state index in [1.165, 1.54) is 0 Å². The molecule has 2 N–H and O–H groups in total. The molecule has 106 valence electrons. The number of carbonyl (C=O) groups is 1. The van der Waals surface area contributed by atoms with E-state index in [0.717, 1.165) is 16.6 Å². The number of nitrogens with one attached hydrogen (secondary N) is 1. The molecule has 2 rings (SSSR count). The summed E-state index contributed by atoms with van der Waals surface area (Å²) in [4.78, 5) is 16.9. The Morgan fingerprint density at radius 1 is 1.40 bits per heavy atom. The van der Waals surface area contributed by atoms with Crippen LogP contribution in [0, 0.1) is 6.92 Å². The van der Waals surface area contributed by atoms with Crippen molar-refractivity contribution in [2.24, 2.45) is 0 Å². The van der Waals surface area contributed by atoms with Crippen molar-refractivity contribution >= 4 is 16.8 Å². The third kappa shape index (κ3) is 2.80. The third-order valence-electron chi connectivity index (χ3n) is 3.63. The number of benzene rings is 1. The van der Waals surface area contributed by atoms with Gasteiger partial charge in [-0.05, 0) is 32.4 Å². The van der Waals surface area contributed by atoms with Crippen molar-refractivity contribution in [1.29, 1.82) is 0 Å². The summed E-state index contributed by atoms with van der Waals surface area (Å²) in [6.45, 7) is 5.55. The molecule has 2 aromatic rings. The number of fused-ring (bicyclic) bond motifs is 1. The Kier molecular flexibility index (Phi) is 4.04. The number of pyridine rings is 1. The van der Waals surface area contributed by atoms with E-state index in [1.54, 1.807) is 6.07 Å². The van der Waals surface area contributed by atoms with Gasteiger partial charge in [-0.2, -0.15) is 0 Å². The average Bonchev–Trinajstić information content (AvgIpc) is 2.46. The zero-order valence-corrected chi connectivity index (χ0v) is 12.1. The topological polar surface area (TPSA) is 62.2 Å². The van der Waals surface area contributed by atoms with Gasteiger partial charge >= 0.3 is 0 Å². The number of aliphatic hydroxyl groups excluding tert-OH is 1. The van der Waals surface area contributed by atoms with Gasteiger partial charge in [0.25, 0.3) is 5.91 Å². The Hall–Kier alpha value is -1.94. The van der Waals surface area contributed by atoms with E-state index in [1.807, 2.05) is 45.0 Å². The van der Waals surface area contributed by atoms with E-state index in [4.69, 9.17) is 0 Å². The van der Waals surface area contributed by atoms with Crippen molar-refractivity contribution in [3.8, 4) is 0 Å². The van der Waals surface area contributed by atoms with Crippen LogP contribution in [0.25, 0.3) is 10.9 Å². The molecule has 0 saturated carbocycles. The van der Waals surface area contributed by atoms with Crippen LogP contribution in [0.15, 0.2) is 30.3 Å². The summed E-state index contributed by atoms with van der Waals surface area (Å²) in [5, 5.41) is 13.2. The van der Waals surface area contributed by atoms with E-state index >= 15 is 0 Å². The summed E-state index contributed by atoms with van der Waals surface area (Å²) in [5.74, 6) is -0.176. The molecule has 1 amide bonds. The van der Waals surface area contributed by atoms with Crippen molar-refractivity contribution < 1.29 is 9.90 Å². The zero-order chi connectivity index (χ0) is 14.8. The van der Waals surface area contributed by atoms with Crippen LogP contribution in [-0.4, -0.2) is 28.1 Å². The molecule has 0 radical (unpaired) electrons. The van der Waals surface area contributed by atoms with Crippen LogP contribution in [0.2, 0.25) is 0 Å². The highest BCUT2D eigenvalue weighted by Crippen LogP contribution is 2.19. The van der Waals surface area contributed by atoms with Crippen LogP contribution >= 0.6 is 0 Å². The van der Waals surface area contributed by atoms with Crippen LogP contribution in [0.3, 0.4) is 0 Å². The van der Waals surface area contributed by atoms with Gasteiger partial charge in [-0.15, -0.1) is 0 Å². The average molecular weight is 272 g/mol. The number of aryl methyl sites for hydroxylation is 1. The lowest BCUT2D eigenvalue weighted by Crippen LogP contribution is -2.48. The lowest BCUT2D eigenvalue weighted by Gasteiger charge is -2.27. The number of aliphatic hydroxyl groups is 1.